The minimum absolute atomic E-state index is 0.257. The van der Waals surface area contributed by atoms with Crippen molar-refractivity contribution in [1.29, 1.82) is 0 Å². The Kier molecular flexibility index (Phi) is 7.62. The number of ketones is 1. The molecule has 0 atom stereocenters. The first-order chi connectivity index (χ1) is 9.92. The van der Waals surface area contributed by atoms with E-state index < -0.39 is 0 Å². The molecule has 1 rings (SSSR count). The van der Waals surface area contributed by atoms with Gasteiger partial charge in [0.15, 0.2) is 5.78 Å². The van der Waals surface area contributed by atoms with Crippen molar-refractivity contribution in [3.05, 3.63) is 34.9 Å². The van der Waals surface area contributed by atoms with Crippen molar-refractivity contribution in [1.82, 2.24) is 9.80 Å². The number of carbonyl (C=O) groups excluding carboxylic acids is 1. The molecular formula is C18H30N2O. The van der Waals surface area contributed by atoms with Gasteiger partial charge in [0.25, 0.3) is 0 Å². The second kappa shape index (κ2) is 8.96. The molecule has 0 aliphatic heterocycles. The van der Waals surface area contributed by atoms with Crippen LogP contribution in [-0.2, 0) is 0 Å². The first-order valence-corrected chi connectivity index (χ1v) is 7.91. The summed E-state index contributed by atoms with van der Waals surface area (Å²) in [7, 11) is 4.18. The standard InChI is InChI=1S/C18H30N2O/c1-6-8-20(11-10-19(4)5)9-7-18(21)17-13-15(2)12-16(3)14-17/h12-14H,6-11H2,1-5H3. The average Bonchev–Trinajstić information content (AvgIpc) is 2.40. The molecule has 0 heterocycles. The summed E-state index contributed by atoms with van der Waals surface area (Å²) < 4.78 is 0. The fourth-order valence-corrected chi connectivity index (χ4v) is 2.53. The normalized spacial score (nSPS) is 11.4. The van der Waals surface area contributed by atoms with E-state index in [2.05, 4.69) is 36.9 Å². The lowest BCUT2D eigenvalue weighted by Gasteiger charge is -2.23. The van der Waals surface area contributed by atoms with Gasteiger partial charge >= 0.3 is 0 Å². The molecule has 0 saturated carbocycles. The number of carbonyl (C=O) groups is 1. The van der Waals surface area contributed by atoms with E-state index in [1.165, 1.54) is 0 Å². The molecule has 3 nitrogen and oxygen atoms in total. The summed E-state index contributed by atoms with van der Waals surface area (Å²) in [6.07, 6.45) is 1.74. The monoisotopic (exact) mass is 290 g/mol. The van der Waals surface area contributed by atoms with Gasteiger partial charge in [-0.25, -0.2) is 0 Å². The first-order valence-electron chi connectivity index (χ1n) is 7.91. The summed E-state index contributed by atoms with van der Waals surface area (Å²) in [5, 5.41) is 0. The Morgan fingerprint density at radius 1 is 0.952 bits per heavy atom. The third-order valence-electron chi connectivity index (χ3n) is 3.60. The van der Waals surface area contributed by atoms with Crippen LogP contribution in [-0.4, -0.2) is 55.9 Å². The van der Waals surface area contributed by atoms with E-state index in [1.54, 1.807) is 0 Å². The van der Waals surface area contributed by atoms with Gasteiger partial charge in [0.2, 0.25) is 0 Å². The van der Waals surface area contributed by atoms with E-state index in [0.717, 1.165) is 49.3 Å². The molecule has 21 heavy (non-hydrogen) atoms. The molecule has 0 aromatic heterocycles. The van der Waals surface area contributed by atoms with Crippen LogP contribution in [0.1, 0.15) is 41.3 Å². The van der Waals surface area contributed by atoms with Gasteiger partial charge in [0, 0.05) is 31.6 Å². The lowest BCUT2D eigenvalue weighted by Crippen LogP contribution is -2.34. The number of nitrogens with zero attached hydrogens (tertiary/aromatic N) is 2. The summed E-state index contributed by atoms with van der Waals surface area (Å²) in [5.41, 5.74) is 3.18. The van der Waals surface area contributed by atoms with Crippen LogP contribution in [0, 0.1) is 13.8 Å². The number of rotatable bonds is 9. The molecule has 0 fully saturated rings. The van der Waals surface area contributed by atoms with Crippen molar-refractivity contribution in [2.45, 2.75) is 33.6 Å². The molecule has 3 heteroatoms. The van der Waals surface area contributed by atoms with Crippen molar-refractivity contribution < 1.29 is 4.79 Å². The predicted octanol–water partition coefficient (Wildman–Crippen LogP) is 3.15. The molecule has 0 aliphatic carbocycles. The lowest BCUT2D eigenvalue weighted by molar-refractivity contribution is 0.0962. The molecule has 0 unspecified atom stereocenters. The van der Waals surface area contributed by atoms with E-state index in [9.17, 15) is 4.79 Å². The summed E-state index contributed by atoms with van der Waals surface area (Å²) >= 11 is 0. The molecular weight excluding hydrogens is 260 g/mol. The van der Waals surface area contributed by atoms with Crippen LogP contribution < -0.4 is 0 Å². The van der Waals surface area contributed by atoms with E-state index in [1.807, 2.05) is 26.0 Å². The van der Waals surface area contributed by atoms with Crippen molar-refractivity contribution in [3.8, 4) is 0 Å². The van der Waals surface area contributed by atoms with Gasteiger partial charge in [0.1, 0.15) is 0 Å². The van der Waals surface area contributed by atoms with E-state index in [4.69, 9.17) is 0 Å². The molecule has 1 aromatic rings. The highest BCUT2D eigenvalue weighted by Crippen LogP contribution is 2.11. The number of aryl methyl sites for hydroxylation is 2. The van der Waals surface area contributed by atoms with Crippen LogP contribution in [0.4, 0.5) is 0 Å². The number of likely N-dealkylation sites (N-methyl/N-ethyl adjacent to an activating group) is 1. The van der Waals surface area contributed by atoms with E-state index in [0.29, 0.717) is 6.42 Å². The maximum atomic E-state index is 12.4. The zero-order valence-electron chi connectivity index (χ0n) is 14.3. The molecule has 0 amide bonds. The highest BCUT2D eigenvalue weighted by molar-refractivity contribution is 5.96. The largest absolute Gasteiger partial charge is 0.308 e. The molecule has 0 N–H and O–H groups in total. The Labute approximate surface area is 129 Å². The van der Waals surface area contributed by atoms with Crippen molar-refractivity contribution in [2.24, 2.45) is 0 Å². The molecule has 0 aliphatic rings. The number of hydrogen-bond donors (Lipinski definition) is 0. The summed E-state index contributed by atoms with van der Waals surface area (Å²) in [4.78, 5) is 16.9. The Morgan fingerprint density at radius 3 is 2.10 bits per heavy atom. The van der Waals surface area contributed by atoms with Gasteiger partial charge in [-0.05, 0) is 53.0 Å². The highest BCUT2D eigenvalue weighted by Gasteiger charge is 2.10. The quantitative estimate of drug-likeness (QED) is 0.653. The second-order valence-electron chi connectivity index (χ2n) is 6.19. The lowest BCUT2D eigenvalue weighted by atomic mass is 10.0. The van der Waals surface area contributed by atoms with Crippen LogP contribution in [0.25, 0.3) is 0 Å². The van der Waals surface area contributed by atoms with Crippen LogP contribution in [0.15, 0.2) is 18.2 Å². The highest BCUT2D eigenvalue weighted by atomic mass is 16.1. The zero-order chi connectivity index (χ0) is 15.8. The predicted molar refractivity (Wildman–Crippen MR) is 90.1 cm³/mol. The number of Topliss-reactive ketones (excluding diaryl/α,β-unsaturated/α-hetero) is 1. The molecule has 118 valence electrons. The maximum absolute atomic E-state index is 12.4. The van der Waals surface area contributed by atoms with Crippen molar-refractivity contribution >= 4 is 5.78 Å². The Balaban J connectivity index is 2.55. The molecule has 1 aromatic carbocycles. The summed E-state index contributed by atoms with van der Waals surface area (Å²) in [5.74, 6) is 0.257. The SMILES string of the molecule is CCCN(CCC(=O)c1cc(C)cc(C)c1)CCN(C)C. The molecule has 0 saturated heterocycles. The van der Waals surface area contributed by atoms with Gasteiger partial charge in [-0.3, -0.25) is 4.79 Å². The van der Waals surface area contributed by atoms with Gasteiger partial charge in [-0.15, -0.1) is 0 Å². The second-order valence-corrected chi connectivity index (χ2v) is 6.19. The van der Waals surface area contributed by atoms with E-state index >= 15 is 0 Å². The topological polar surface area (TPSA) is 23.6 Å². The van der Waals surface area contributed by atoms with Gasteiger partial charge in [-0.2, -0.15) is 0 Å². The fourth-order valence-electron chi connectivity index (χ4n) is 2.53. The fraction of sp³-hybridized carbons (Fsp3) is 0.611. The smallest absolute Gasteiger partial charge is 0.164 e. The molecule has 0 bridgehead atoms. The van der Waals surface area contributed by atoms with Gasteiger partial charge in [-0.1, -0.05) is 24.1 Å². The third-order valence-corrected chi connectivity index (χ3v) is 3.60. The first kappa shape index (κ1) is 17.9. The van der Waals surface area contributed by atoms with Gasteiger partial charge < -0.3 is 9.80 Å². The summed E-state index contributed by atoms with van der Waals surface area (Å²) in [6, 6.07) is 6.11. The molecule has 0 radical (unpaired) electrons. The van der Waals surface area contributed by atoms with E-state index in [-0.39, 0.29) is 5.78 Å². The van der Waals surface area contributed by atoms with Crippen LogP contribution in [0.2, 0.25) is 0 Å². The van der Waals surface area contributed by atoms with Crippen LogP contribution in [0.5, 0.6) is 0 Å². The maximum Gasteiger partial charge on any atom is 0.164 e. The average molecular weight is 290 g/mol. The zero-order valence-corrected chi connectivity index (χ0v) is 14.3. The van der Waals surface area contributed by atoms with Crippen LogP contribution >= 0.6 is 0 Å². The third kappa shape index (κ3) is 6.87. The van der Waals surface area contributed by atoms with Crippen molar-refractivity contribution in [2.75, 3.05) is 40.3 Å². The van der Waals surface area contributed by atoms with Crippen molar-refractivity contribution in [3.63, 3.8) is 0 Å². The Morgan fingerprint density at radius 2 is 1.57 bits per heavy atom. The Hall–Kier alpha value is -1.19. The minimum atomic E-state index is 0.257. The molecule has 0 spiro atoms. The van der Waals surface area contributed by atoms with Gasteiger partial charge in [0.05, 0.1) is 0 Å². The number of benzene rings is 1. The summed E-state index contributed by atoms with van der Waals surface area (Å²) in [6.45, 7) is 10.3. The minimum Gasteiger partial charge on any atom is -0.308 e. The Bertz CT molecular complexity index is 434. The van der Waals surface area contributed by atoms with Crippen LogP contribution in [0.3, 0.4) is 0 Å². The number of hydrogen-bond acceptors (Lipinski definition) is 3.